The summed E-state index contributed by atoms with van der Waals surface area (Å²) in [6.07, 6.45) is 8.32. The van der Waals surface area contributed by atoms with Crippen LogP contribution < -0.4 is 0 Å². The summed E-state index contributed by atoms with van der Waals surface area (Å²) in [5, 5.41) is 0. The number of aryl methyl sites for hydroxylation is 1. The molecule has 0 bridgehead atoms. The monoisotopic (exact) mass is 344 g/mol. The van der Waals surface area contributed by atoms with Gasteiger partial charge in [0.2, 0.25) is 0 Å². The normalized spacial score (nSPS) is 20.9. The molecule has 0 aliphatic heterocycles. The van der Waals surface area contributed by atoms with Gasteiger partial charge in [0.1, 0.15) is 0 Å². The number of hydrogen-bond acceptors (Lipinski definition) is 0. The van der Waals surface area contributed by atoms with Crippen LogP contribution in [0.4, 0.5) is 0 Å². The first-order valence-electron chi connectivity index (χ1n) is 10.3. The maximum atomic E-state index is 3.29. The summed E-state index contributed by atoms with van der Waals surface area (Å²) in [4.78, 5) is 0. The summed E-state index contributed by atoms with van der Waals surface area (Å²) < 4.78 is 0. The summed E-state index contributed by atoms with van der Waals surface area (Å²) in [6, 6.07) is 17.3. The van der Waals surface area contributed by atoms with Gasteiger partial charge >= 0.3 is 0 Å². The van der Waals surface area contributed by atoms with E-state index < -0.39 is 0 Å². The molecule has 0 N–H and O–H groups in total. The second kappa shape index (κ2) is 9.09. The fourth-order valence-electron chi connectivity index (χ4n) is 4.21. The topological polar surface area (TPSA) is 0 Å². The molecule has 0 spiro atoms. The standard InChI is InChI=1S/C26H32/c1-4-22-15-17-26(18-16-22)21(3)19-25-13-11-24(12-14-25)10-9-23-7-5-20(2)6-8-23/h5-8,11-14,21-22,26H,4,15-19H2,1-3H3. The van der Waals surface area contributed by atoms with Crippen molar-refractivity contribution >= 4 is 0 Å². The highest BCUT2D eigenvalue weighted by Gasteiger charge is 2.24. The van der Waals surface area contributed by atoms with Gasteiger partial charge in [0.25, 0.3) is 0 Å². The van der Waals surface area contributed by atoms with Crippen molar-refractivity contribution in [1.82, 2.24) is 0 Å². The first-order valence-corrected chi connectivity index (χ1v) is 10.3. The molecular formula is C26H32. The minimum atomic E-state index is 0.789. The van der Waals surface area contributed by atoms with Crippen LogP contribution in [0.2, 0.25) is 0 Å². The van der Waals surface area contributed by atoms with E-state index >= 15 is 0 Å². The third-order valence-corrected chi connectivity index (χ3v) is 6.19. The second-order valence-corrected chi connectivity index (χ2v) is 8.18. The largest absolute Gasteiger partial charge is 0.0651 e. The molecule has 0 amide bonds. The van der Waals surface area contributed by atoms with E-state index in [2.05, 4.69) is 81.1 Å². The fourth-order valence-corrected chi connectivity index (χ4v) is 4.21. The molecule has 0 nitrogen and oxygen atoms in total. The SMILES string of the molecule is CCC1CCC(C(C)Cc2ccc(C#Cc3ccc(C)cc3)cc2)CC1. The Hall–Kier alpha value is -2.00. The van der Waals surface area contributed by atoms with E-state index in [0.717, 1.165) is 28.9 Å². The minimum Gasteiger partial charge on any atom is -0.0651 e. The number of rotatable bonds is 4. The first-order chi connectivity index (χ1) is 12.6. The van der Waals surface area contributed by atoms with Crippen molar-refractivity contribution in [3.63, 3.8) is 0 Å². The molecule has 1 aliphatic carbocycles. The lowest BCUT2D eigenvalue weighted by Gasteiger charge is -2.32. The molecule has 0 heteroatoms. The smallest absolute Gasteiger partial charge is 0.0249 e. The molecule has 2 aromatic carbocycles. The van der Waals surface area contributed by atoms with E-state index in [-0.39, 0.29) is 0 Å². The van der Waals surface area contributed by atoms with Crippen LogP contribution in [-0.2, 0) is 6.42 Å². The molecule has 2 aromatic rings. The lowest BCUT2D eigenvalue weighted by atomic mass is 9.74. The van der Waals surface area contributed by atoms with Gasteiger partial charge in [0, 0.05) is 11.1 Å². The molecule has 26 heavy (non-hydrogen) atoms. The molecule has 0 saturated heterocycles. The zero-order valence-corrected chi connectivity index (χ0v) is 16.6. The average molecular weight is 345 g/mol. The highest BCUT2D eigenvalue weighted by atomic mass is 14.3. The third-order valence-electron chi connectivity index (χ3n) is 6.19. The van der Waals surface area contributed by atoms with Gasteiger partial charge in [-0.1, -0.05) is 74.8 Å². The van der Waals surface area contributed by atoms with Crippen molar-refractivity contribution in [2.45, 2.75) is 59.3 Å². The van der Waals surface area contributed by atoms with Crippen molar-refractivity contribution < 1.29 is 0 Å². The van der Waals surface area contributed by atoms with Gasteiger partial charge in [0.15, 0.2) is 0 Å². The molecule has 3 rings (SSSR count). The van der Waals surface area contributed by atoms with Crippen molar-refractivity contribution in [1.29, 1.82) is 0 Å². The fraction of sp³-hybridized carbons (Fsp3) is 0.462. The van der Waals surface area contributed by atoms with Crippen molar-refractivity contribution in [3.05, 3.63) is 70.8 Å². The molecule has 1 aliphatic rings. The average Bonchev–Trinajstić information content (AvgIpc) is 2.68. The van der Waals surface area contributed by atoms with Gasteiger partial charge in [-0.05, 0) is 73.8 Å². The van der Waals surface area contributed by atoms with E-state index in [1.54, 1.807) is 0 Å². The van der Waals surface area contributed by atoms with Crippen LogP contribution in [0.3, 0.4) is 0 Å². The van der Waals surface area contributed by atoms with Crippen LogP contribution >= 0.6 is 0 Å². The van der Waals surface area contributed by atoms with E-state index in [1.165, 1.54) is 49.7 Å². The Morgan fingerprint density at radius 3 is 1.92 bits per heavy atom. The van der Waals surface area contributed by atoms with Gasteiger partial charge in [-0.15, -0.1) is 0 Å². The lowest BCUT2D eigenvalue weighted by molar-refractivity contribution is 0.210. The quantitative estimate of drug-likeness (QED) is 0.536. The Bertz CT molecular complexity index is 731. The molecule has 0 aromatic heterocycles. The van der Waals surface area contributed by atoms with Crippen LogP contribution in [0.5, 0.6) is 0 Å². The van der Waals surface area contributed by atoms with Crippen molar-refractivity contribution in [2.24, 2.45) is 17.8 Å². The second-order valence-electron chi connectivity index (χ2n) is 8.18. The van der Waals surface area contributed by atoms with E-state index in [1.807, 2.05) is 0 Å². The molecule has 0 heterocycles. The molecule has 1 unspecified atom stereocenters. The first kappa shape index (κ1) is 18.8. The number of benzene rings is 2. The van der Waals surface area contributed by atoms with Gasteiger partial charge < -0.3 is 0 Å². The molecule has 1 atom stereocenters. The molecule has 1 saturated carbocycles. The summed E-state index contributed by atoms with van der Waals surface area (Å²) in [5.41, 5.74) is 4.91. The molecule has 136 valence electrons. The van der Waals surface area contributed by atoms with E-state index in [4.69, 9.17) is 0 Å². The van der Waals surface area contributed by atoms with E-state index in [0.29, 0.717) is 0 Å². The predicted octanol–water partition coefficient (Wildman–Crippen LogP) is 6.79. The maximum Gasteiger partial charge on any atom is 0.0249 e. The van der Waals surface area contributed by atoms with Crippen LogP contribution in [0, 0.1) is 36.5 Å². The van der Waals surface area contributed by atoms with Crippen molar-refractivity contribution in [3.8, 4) is 11.8 Å². The van der Waals surface area contributed by atoms with E-state index in [9.17, 15) is 0 Å². The van der Waals surface area contributed by atoms with Gasteiger partial charge in [-0.2, -0.15) is 0 Å². The van der Waals surface area contributed by atoms with Crippen LogP contribution in [0.25, 0.3) is 0 Å². The number of hydrogen-bond donors (Lipinski definition) is 0. The highest BCUT2D eigenvalue weighted by Crippen LogP contribution is 2.35. The Morgan fingerprint density at radius 1 is 0.846 bits per heavy atom. The maximum absolute atomic E-state index is 3.29. The van der Waals surface area contributed by atoms with Gasteiger partial charge in [0.05, 0.1) is 0 Å². The summed E-state index contributed by atoms with van der Waals surface area (Å²) >= 11 is 0. The highest BCUT2D eigenvalue weighted by molar-refractivity contribution is 5.44. The minimum absolute atomic E-state index is 0.789. The molecule has 1 fully saturated rings. The zero-order chi connectivity index (χ0) is 18.4. The Morgan fingerprint density at radius 2 is 1.38 bits per heavy atom. The lowest BCUT2D eigenvalue weighted by Crippen LogP contribution is -2.21. The Kier molecular flexibility index (Phi) is 6.56. The van der Waals surface area contributed by atoms with Gasteiger partial charge in [-0.3, -0.25) is 0 Å². The van der Waals surface area contributed by atoms with Crippen molar-refractivity contribution in [2.75, 3.05) is 0 Å². The van der Waals surface area contributed by atoms with Crippen LogP contribution in [0.15, 0.2) is 48.5 Å². The predicted molar refractivity (Wildman–Crippen MR) is 112 cm³/mol. The third kappa shape index (κ3) is 5.25. The zero-order valence-electron chi connectivity index (χ0n) is 16.6. The Balaban J connectivity index is 1.55. The van der Waals surface area contributed by atoms with Crippen LogP contribution in [-0.4, -0.2) is 0 Å². The Labute approximate surface area is 160 Å². The van der Waals surface area contributed by atoms with Gasteiger partial charge in [-0.25, -0.2) is 0 Å². The summed E-state index contributed by atoms with van der Waals surface area (Å²) in [5.74, 6) is 9.24. The van der Waals surface area contributed by atoms with Crippen LogP contribution in [0.1, 0.15) is 68.2 Å². The summed E-state index contributed by atoms with van der Waals surface area (Å²) in [6.45, 7) is 6.89. The molecule has 0 radical (unpaired) electrons. The summed E-state index contributed by atoms with van der Waals surface area (Å²) in [7, 11) is 0. The molecular weight excluding hydrogens is 312 g/mol.